The van der Waals surface area contributed by atoms with Gasteiger partial charge in [0, 0.05) is 24.7 Å². The molecule has 1 aromatic carbocycles. The molecule has 0 unspecified atom stereocenters. The fraction of sp³-hybridized carbons (Fsp3) is 0.636. The Hall–Kier alpha value is -2.28. The van der Waals surface area contributed by atoms with Gasteiger partial charge in [0.1, 0.15) is 11.5 Å². The minimum absolute atomic E-state index is 0.0766. The Morgan fingerprint density at radius 3 is 2.62 bits per heavy atom. The molecule has 7 heteroatoms. The molecule has 2 heterocycles. The largest absolute Gasteiger partial charge is 0.497 e. The van der Waals surface area contributed by atoms with E-state index in [4.69, 9.17) is 14.2 Å². The number of methoxy groups -OCH3 is 2. The van der Waals surface area contributed by atoms with E-state index in [0.717, 1.165) is 49.3 Å². The van der Waals surface area contributed by atoms with E-state index in [1.165, 1.54) is 0 Å². The second kappa shape index (κ2) is 9.96. The third kappa shape index (κ3) is 5.01. The Bertz CT molecular complexity index is 723. The highest BCUT2D eigenvalue weighted by atomic mass is 16.5. The molecule has 2 aliphatic rings. The molecule has 2 atom stereocenters. The Morgan fingerprint density at radius 2 is 1.90 bits per heavy atom. The van der Waals surface area contributed by atoms with Crippen LogP contribution in [0.25, 0.3) is 0 Å². The van der Waals surface area contributed by atoms with E-state index in [2.05, 4.69) is 4.90 Å². The first kappa shape index (κ1) is 21.4. The fourth-order valence-electron chi connectivity index (χ4n) is 4.40. The molecule has 0 spiro atoms. The summed E-state index contributed by atoms with van der Waals surface area (Å²) in [6.45, 7) is 4.56. The van der Waals surface area contributed by atoms with Crippen molar-refractivity contribution in [2.45, 2.75) is 38.6 Å². The van der Waals surface area contributed by atoms with Gasteiger partial charge in [-0.15, -0.1) is 0 Å². The van der Waals surface area contributed by atoms with Crippen molar-refractivity contribution in [3.8, 4) is 11.5 Å². The summed E-state index contributed by atoms with van der Waals surface area (Å²) in [5, 5.41) is 0. The summed E-state index contributed by atoms with van der Waals surface area (Å²) in [5.74, 6) is 1.28. The van der Waals surface area contributed by atoms with Gasteiger partial charge in [0.05, 0.1) is 33.3 Å². The Balaban J connectivity index is 1.68. The van der Waals surface area contributed by atoms with Crippen molar-refractivity contribution in [3.63, 3.8) is 0 Å². The summed E-state index contributed by atoms with van der Waals surface area (Å²) < 4.78 is 16.1. The Kier molecular flexibility index (Phi) is 7.36. The maximum Gasteiger partial charge on any atom is 0.310 e. The van der Waals surface area contributed by atoms with Crippen molar-refractivity contribution in [2.75, 3.05) is 47.0 Å². The molecular formula is C22H32N2O5. The highest BCUT2D eigenvalue weighted by Crippen LogP contribution is 2.38. The third-order valence-electron chi connectivity index (χ3n) is 5.89. The molecule has 7 nitrogen and oxygen atoms in total. The van der Waals surface area contributed by atoms with Crippen LogP contribution in [0.4, 0.5) is 0 Å². The summed E-state index contributed by atoms with van der Waals surface area (Å²) >= 11 is 0. The molecule has 2 aliphatic heterocycles. The lowest BCUT2D eigenvalue weighted by atomic mass is 9.98. The first-order chi connectivity index (χ1) is 14.1. The van der Waals surface area contributed by atoms with Crippen LogP contribution in [-0.2, 0) is 14.3 Å². The van der Waals surface area contributed by atoms with E-state index < -0.39 is 0 Å². The number of likely N-dealkylation sites (tertiary alicyclic amines) is 2. The first-order valence-corrected chi connectivity index (χ1v) is 10.5. The second-order valence-corrected chi connectivity index (χ2v) is 7.67. The molecule has 0 aromatic heterocycles. The summed E-state index contributed by atoms with van der Waals surface area (Å²) in [4.78, 5) is 29.1. The van der Waals surface area contributed by atoms with Gasteiger partial charge < -0.3 is 19.1 Å². The molecule has 0 N–H and O–H groups in total. The number of esters is 1. The smallest absolute Gasteiger partial charge is 0.310 e. The molecule has 0 bridgehead atoms. The van der Waals surface area contributed by atoms with Gasteiger partial charge in [-0.2, -0.15) is 0 Å². The molecule has 2 fully saturated rings. The van der Waals surface area contributed by atoms with Crippen molar-refractivity contribution >= 4 is 11.9 Å². The zero-order valence-corrected chi connectivity index (χ0v) is 17.7. The highest BCUT2D eigenvalue weighted by Gasteiger charge is 2.34. The summed E-state index contributed by atoms with van der Waals surface area (Å²) in [6.07, 6.45) is 3.63. The van der Waals surface area contributed by atoms with Crippen molar-refractivity contribution in [2.24, 2.45) is 5.92 Å². The van der Waals surface area contributed by atoms with Gasteiger partial charge in [-0.05, 0) is 57.4 Å². The fourth-order valence-corrected chi connectivity index (χ4v) is 4.40. The number of rotatable bonds is 7. The zero-order valence-electron chi connectivity index (χ0n) is 17.7. The van der Waals surface area contributed by atoms with E-state index in [0.29, 0.717) is 26.2 Å². The van der Waals surface area contributed by atoms with Crippen LogP contribution in [-0.4, -0.2) is 68.7 Å². The molecule has 0 aliphatic carbocycles. The predicted molar refractivity (Wildman–Crippen MR) is 109 cm³/mol. The highest BCUT2D eigenvalue weighted by molar-refractivity contribution is 5.80. The van der Waals surface area contributed by atoms with Gasteiger partial charge in [-0.3, -0.25) is 14.5 Å². The summed E-state index contributed by atoms with van der Waals surface area (Å²) in [6, 6.07) is 5.93. The van der Waals surface area contributed by atoms with Crippen LogP contribution in [0.2, 0.25) is 0 Å². The lowest BCUT2D eigenvalue weighted by Crippen LogP contribution is -2.46. The number of nitrogens with zero attached hydrogens (tertiary/aromatic N) is 2. The average Bonchev–Trinajstić information content (AvgIpc) is 3.21. The summed E-state index contributed by atoms with van der Waals surface area (Å²) in [7, 11) is 3.32. The minimum atomic E-state index is -0.208. The van der Waals surface area contributed by atoms with Gasteiger partial charge in [-0.25, -0.2) is 0 Å². The zero-order chi connectivity index (χ0) is 20.8. The van der Waals surface area contributed by atoms with Gasteiger partial charge in [0.2, 0.25) is 5.91 Å². The molecular weight excluding hydrogens is 372 g/mol. The van der Waals surface area contributed by atoms with Crippen LogP contribution < -0.4 is 9.47 Å². The van der Waals surface area contributed by atoms with Crippen LogP contribution in [0.1, 0.15) is 44.2 Å². The Labute approximate surface area is 172 Å². The quantitative estimate of drug-likeness (QED) is 0.651. The number of carbonyl (C=O) groups is 2. The van der Waals surface area contributed by atoms with Crippen molar-refractivity contribution in [3.05, 3.63) is 23.8 Å². The van der Waals surface area contributed by atoms with Crippen molar-refractivity contribution in [1.82, 2.24) is 9.80 Å². The number of hydrogen-bond donors (Lipinski definition) is 0. The van der Waals surface area contributed by atoms with Crippen LogP contribution in [0.3, 0.4) is 0 Å². The standard InChI is InChI=1S/C22H32N2O5/c1-4-29-22(26)16-7-5-12-24(14-16)21(25)15-23-11-6-8-19(23)18-13-17(27-2)9-10-20(18)28-3/h9-10,13,16,19H,4-8,11-12,14-15H2,1-3H3/t16-,19+/m0/s1. The number of carbonyl (C=O) groups excluding carboxylic acids is 2. The third-order valence-corrected chi connectivity index (χ3v) is 5.89. The van der Waals surface area contributed by atoms with Crippen LogP contribution in [0, 0.1) is 5.92 Å². The number of benzene rings is 1. The number of piperidine rings is 1. The number of hydrogen-bond acceptors (Lipinski definition) is 6. The Morgan fingerprint density at radius 1 is 1.10 bits per heavy atom. The topological polar surface area (TPSA) is 68.3 Å². The molecule has 1 aromatic rings. The molecule has 1 amide bonds. The summed E-state index contributed by atoms with van der Waals surface area (Å²) in [5.41, 5.74) is 1.06. The number of ether oxygens (including phenoxy) is 3. The van der Waals surface area contributed by atoms with E-state index in [1.807, 2.05) is 30.0 Å². The lowest BCUT2D eigenvalue weighted by molar-refractivity contribution is -0.151. The van der Waals surface area contributed by atoms with Crippen LogP contribution in [0.5, 0.6) is 11.5 Å². The molecule has 29 heavy (non-hydrogen) atoms. The molecule has 0 saturated carbocycles. The first-order valence-electron chi connectivity index (χ1n) is 10.5. The van der Waals surface area contributed by atoms with Crippen LogP contribution in [0.15, 0.2) is 18.2 Å². The van der Waals surface area contributed by atoms with Gasteiger partial charge in [-0.1, -0.05) is 0 Å². The SMILES string of the molecule is CCOC(=O)[C@H]1CCCN(C(=O)CN2CCC[C@@H]2c2cc(OC)ccc2OC)C1. The lowest BCUT2D eigenvalue weighted by Gasteiger charge is -2.34. The second-order valence-electron chi connectivity index (χ2n) is 7.67. The minimum Gasteiger partial charge on any atom is -0.497 e. The average molecular weight is 405 g/mol. The molecule has 0 radical (unpaired) electrons. The van der Waals surface area contributed by atoms with E-state index >= 15 is 0 Å². The van der Waals surface area contributed by atoms with Gasteiger partial charge in [0.25, 0.3) is 0 Å². The van der Waals surface area contributed by atoms with E-state index in [1.54, 1.807) is 14.2 Å². The van der Waals surface area contributed by atoms with Crippen molar-refractivity contribution < 1.29 is 23.8 Å². The van der Waals surface area contributed by atoms with E-state index in [9.17, 15) is 9.59 Å². The molecule has 160 valence electrons. The normalized spacial score (nSPS) is 22.4. The molecule has 2 saturated heterocycles. The van der Waals surface area contributed by atoms with Crippen molar-refractivity contribution in [1.29, 1.82) is 0 Å². The van der Waals surface area contributed by atoms with Gasteiger partial charge >= 0.3 is 5.97 Å². The van der Waals surface area contributed by atoms with E-state index in [-0.39, 0.29) is 23.8 Å². The monoisotopic (exact) mass is 404 g/mol. The van der Waals surface area contributed by atoms with Gasteiger partial charge in [0.15, 0.2) is 0 Å². The maximum absolute atomic E-state index is 13.0. The maximum atomic E-state index is 13.0. The van der Waals surface area contributed by atoms with Crippen LogP contribution >= 0.6 is 0 Å². The number of amides is 1. The predicted octanol–water partition coefficient (Wildman–Crippen LogP) is 2.64. The molecule has 3 rings (SSSR count).